The van der Waals surface area contributed by atoms with Crippen LogP contribution in [-0.2, 0) is 12.7 Å². The molecule has 1 heterocycles. The molecule has 4 aromatic rings. The molecule has 0 aliphatic heterocycles. The second-order valence-electron chi connectivity index (χ2n) is 7.08. The minimum Gasteiger partial charge on any atom is -0.348 e. The maximum absolute atomic E-state index is 13.3. The molecular formula is C24H16BrF3N2O2. The van der Waals surface area contributed by atoms with Gasteiger partial charge >= 0.3 is 6.18 Å². The maximum Gasteiger partial charge on any atom is 0.416 e. The van der Waals surface area contributed by atoms with Crippen molar-refractivity contribution in [3.63, 3.8) is 0 Å². The lowest BCUT2D eigenvalue weighted by molar-refractivity contribution is -0.137. The van der Waals surface area contributed by atoms with Crippen LogP contribution < -0.4 is 10.9 Å². The van der Waals surface area contributed by atoms with Gasteiger partial charge in [0.25, 0.3) is 11.5 Å². The summed E-state index contributed by atoms with van der Waals surface area (Å²) in [5.74, 6) is -0.614. The summed E-state index contributed by atoms with van der Waals surface area (Å²) in [5.41, 5.74) is -0.490. The predicted octanol–water partition coefficient (Wildman–Crippen LogP) is 5.70. The summed E-state index contributed by atoms with van der Waals surface area (Å²) in [6.07, 6.45) is -4.56. The number of nitrogens with one attached hydrogen (secondary N) is 1. The highest BCUT2D eigenvalue weighted by molar-refractivity contribution is 9.10. The Morgan fingerprint density at radius 3 is 2.41 bits per heavy atom. The molecule has 3 aromatic carbocycles. The van der Waals surface area contributed by atoms with Crippen molar-refractivity contribution in [2.24, 2.45) is 0 Å². The fourth-order valence-corrected chi connectivity index (χ4v) is 3.84. The molecule has 1 amide bonds. The minimum atomic E-state index is -4.56. The highest BCUT2D eigenvalue weighted by atomic mass is 79.9. The first-order chi connectivity index (χ1) is 15.3. The van der Waals surface area contributed by atoms with E-state index in [1.807, 2.05) is 24.3 Å². The number of pyridine rings is 1. The fraction of sp³-hybridized carbons (Fsp3) is 0.0833. The lowest BCUT2D eigenvalue weighted by atomic mass is 10.1. The number of carbonyl (C=O) groups excluding carboxylic acids is 1. The zero-order valence-corrected chi connectivity index (χ0v) is 18.1. The standard InChI is InChI=1S/C24H16BrF3N2O2/c25-20-10-3-1-7-16(20)14-29-22(31)19-12-15-6-2-4-11-21(15)30(23(19)32)18-9-5-8-17(13-18)24(26,27)28/h1-13H,14H2,(H,29,31). The molecule has 0 atom stereocenters. The third-order valence-electron chi connectivity index (χ3n) is 4.98. The van der Waals surface area contributed by atoms with E-state index >= 15 is 0 Å². The Balaban J connectivity index is 1.81. The van der Waals surface area contributed by atoms with Gasteiger partial charge in [0.1, 0.15) is 5.56 Å². The molecule has 1 N–H and O–H groups in total. The Morgan fingerprint density at radius 1 is 0.938 bits per heavy atom. The third-order valence-corrected chi connectivity index (χ3v) is 5.76. The second kappa shape index (κ2) is 8.63. The average molecular weight is 501 g/mol. The van der Waals surface area contributed by atoms with Crippen LogP contribution in [0.15, 0.2) is 88.1 Å². The summed E-state index contributed by atoms with van der Waals surface area (Å²) in [6.45, 7) is 0.177. The Hall–Kier alpha value is -3.39. The lowest BCUT2D eigenvalue weighted by Gasteiger charge is -2.15. The van der Waals surface area contributed by atoms with Crippen molar-refractivity contribution in [2.75, 3.05) is 0 Å². The number of nitrogens with zero attached hydrogens (tertiary/aromatic N) is 1. The van der Waals surface area contributed by atoms with Gasteiger partial charge in [-0.3, -0.25) is 14.2 Å². The molecule has 4 nitrogen and oxygen atoms in total. The van der Waals surface area contributed by atoms with Gasteiger partial charge in [0.2, 0.25) is 0 Å². The number of hydrogen-bond donors (Lipinski definition) is 1. The highest BCUT2D eigenvalue weighted by Gasteiger charge is 2.31. The quantitative estimate of drug-likeness (QED) is 0.390. The van der Waals surface area contributed by atoms with Crippen LogP contribution in [0.25, 0.3) is 16.6 Å². The number of halogens is 4. The van der Waals surface area contributed by atoms with E-state index in [4.69, 9.17) is 0 Å². The zero-order valence-electron chi connectivity index (χ0n) is 16.5. The van der Waals surface area contributed by atoms with Gasteiger partial charge in [-0.05, 0) is 47.3 Å². The number of hydrogen-bond acceptors (Lipinski definition) is 2. The summed E-state index contributed by atoms with van der Waals surface area (Å²) in [6, 6.07) is 20.0. The molecule has 0 saturated heterocycles. The molecule has 162 valence electrons. The lowest BCUT2D eigenvalue weighted by Crippen LogP contribution is -2.32. The van der Waals surface area contributed by atoms with Crippen LogP contribution >= 0.6 is 15.9 Å². The number of aromatic nitrogens is 1. The number of rotatable bonds is 4. The van der Waals surface area contributed by atoms with E-state index in [0.29, 0.717) is 10.9 Å². The van der Waals surface area contributed by atoms with Gasteiger partial charge in [0.15, 0.2) is 0 Å². The highest BCUT2D eigenvalue weighted by Crippen LogP contribution is 2.30. The van der Waals surface area contributed by atoms with Crippen molar-refractivity contribution in [3.05, 3.63) is 110 Å². The van der Waals surface area contributed by atoms with Gasteiger partial charge in [-0.15, -0.1) is 0 Å². The number of alkyl halides is 3. The molecule has 0 aliphatic rings. The van der Waals surface area contributed by atoms with Gasteiger partial charge in [-0.25, -0.2) is 0 Å². The molecule has 0 aliphatic carbocycles. The van der Waals surface area contributed by atoms with E-state index < -0.39 is 23.2 Å². The molecule has 0 unspecified atom stereocenters. The van der Waals surface area contributed by atoms with E-state index in [1.54, 1.807) is 24.3 Å². The van der Waals surface area contributed by atoms with Gasteiger partial charge in [-0.2, -0.15) is 13.2 Å². The molecule has 0 fully saturated rings. The van der Waals surface area contributed by atoms with E-state index in [9.17, 15) is 22.8 Å². The molecule has 0 radical (unpaired) electrons. The van der Waals surface area contributed by atoms with Crippen LogP contribution in [0.2, 0.25) is 0 Å². The van der Waals surface area contributed by atoms with Crippen molar-refractivity contribution in [2.45, 2.75) is 12.7 Å². The molecule has 4 rings (SSSR count). The fourth-order valence-electron chi connectivity index (χ4n) is 3.41. The molecular weight excluding hydrogens is 485 g/mol. The number of para-hydroxylation sites is 1. The van der Waals surface area contributed by atoms with Crippen molar-refractivity contribution < 1.29 is 18.0 Å². The van der Waals surface area contributed by atoms with Crippen LogP contribution in [-0.4, -0.2) is 10.5 Å². The first-order valence-corrected chi connectivity index (χ1v) is 10.4. The van der Waals surface area contributed by atoms with Crippen molar-refractivity contribution in [1.82, 2.24) is 9.88 Å². The number of fused-ring (bicyclic) bond motifs is 1. The van der Waals surface area contributed by atoms with Crippen LogP contribution in [0, 0.1) is 0 Å². The van der Waals surface area contributed by atoms with Crippen LogP contribution in [0.4, 0.5) is 13.2 Å². The summed E-state index contributed by atoms with van der Waals surface area (Å²) in [4.78, 5) is 26.2. The Bertz CT molecular complexity index is 1380. The van der Waals surface area contributed by atoms with Crippen LogP contribution in [0.5, 0.6) is 0 Å². The summed E-state index contributed by atoms with van der Waals surface area (Å²) in [5, 5.41) is 3.27. The summed E-state index contributed by atoms with van der Waals surface area (Å²) in [7, 11) is 0. The third kappa shape index (κ3) is 4.31. The van der Waals surface area contributed by atoms with E-state index in [0.717, 1.165) is 26.7 Å². The van der Waals surface area contributed by atoms with Crippen molar-refractivity contribution >= 4 is 32.7 Å². The van der Waals surface area contributed by atoms with E-state index in [1.165, 1.54) is 18.2 Å². The monoisotopic (exact) mass is 500 g/mol. The van der Waals surface area contributed by atoms with Crippen molar-refractivity contribution in [3.8, 4) is 5.69 Å². The topological polar surface area (TPSA) is 51.1 Å². The Labute approximate surface area is 189 Å². The van der Waals surface area contributed by atoms with Gasteiger partial charge in [0.05, 0.1) is 11.1 Å². The molecule has 8 heteroatoms. The SMILES string of the molecule is O=C(NCc1ccccc1Br)c1cc2ccccc2n(-c2cccc(C(F)(F)F)c2)c1=O. The van der Waals surface area contributed by atoms with E-state index in [-0.39, 0.29) is 17.8 Å². The molecule has 0 saturated carbocycles. The second-order valence-corrected chi connectivity index (χ2v) is 7.93. The molecule has 0 bridgehead atoms. The van der Waals surface area contributed by atoms with Crippen LogP contribution in [0.3, 0.4) is 0 Å². The number of amides is 1. The first-order valence-electron chi connectivity index (χ1n) is 9.60. The molecule has 32 heavy (non-hydrogen) atoms. The van der Waals surface area contributed by atoms with Gasteiger partial charge in [0, 0.05) is 16.7 Å². The zero-order chi connectivity index (χ0) is 22.9. The first kappa shape index (κ1) is 21.8. The predicted molar refractivity (Wildman–Crippen MR) is 120 cm³/mol. The summed E-state index contributed by atoms with van der Waals surface area (Å²) >= 11 is 3.41. The number of benzene rings is 3. The molecule has 0 spiro atoms. The largest absolute Gasteiger partial charge is 0.416 e. The smallest absolute Gasteiger partial charge is 0.348 e. The average Bonchev–Trinajstić information content (AvgIpc) is 2.77. The van der Waals surface area contributed by atoms with Crippen LogP contribution in [0.1, 0.15) is 21.5 Å². The minimum absolute atomic E-state index is 0.0291. The van der Waals surface area contributed by atoms with Gasteiger partial charge < -0.3 is 5.32 Å². The Kier molecular flexibility index (Phi) is 5.88. The Morgan fingerprint density at radius 2 is 1.66 bits per heavy atom. The number of carbonyl (C=O) groups is 1. The van der Waals surface area contributed by atoms with E-state index in [2.05, 4.69) is 21.2 Å². The molecule has 1 aromatic heterocycles. The maximum atomic E-state index is 13.3. The normalized spacial score (nSPS) is 11.5. The van der Waals surface area contributed by atoms with Gasteiger partial charge in [-0.1, -0.05) is 58.4 Å². The van der Waals surface area contributed by atoms with Crippen molar-refractivity contribution in [1.29, 1.82) is 0 Å². The summed E-state index contributed by atoms with van der Waals surface area (Å²) < 4.78 is 41.7.